The summed E-state index contributed by atoms with van der Waals surface area (Å²) in [4.78, 5) is 0. The summed E-state index contributed by atoms with van der Waals surface area (Å²) < 4.78 is 26.4. The van der Waals surface area contributed by atoms with Crippen molar-refractivity contribution in [1.29, 1.82) is 0 Å². The van der Waals surface area contributed by atoms with Gasteiger partial charge in [-0.1, -0.05) is 28.1 Å². The molecule has 102 valence electrons. The van der Waals surface area contributed by atoms with Gasteiger partial charge in [-0.05, 0) is 36.7 Å². The third kappa shape index (κ3) is 7.13. The highest BCUT2D eigenvalue weighted by atomic mass is 79.9. The van der Waals surface area contributed by atoms with E-state index >= 15 is 0 Å². The molecular formula is C11H16BrClN2O2S. The molecule has 4 nitrogen and oxygen atoms in total. The topological polar surface area (TPSA) is 72.2 Å². The molecule has 1 aromatic carbocycles. The molecule has 0 aromatic heterocycles. The molecule has 0 aliphatic rings. The third-order valence-corrected chi connectivity index (χ3v) is 3.62. The number of nitrogens with two attached hydrogens (primary N) is 1. The van der Waals surface area contributed by atoms with E-state index in [1.54, 1.807) is 6.08 Å². The number of hydrogen-bond donors (Lipinski definition) is 2. The van der Waals surface area contributed by atoms with E-state index in [2.05, 4.69) is 20.7 Å². The minimum Gasteiger partial charge on any atom is -0.330 e. The molecular weight excluding hydrogens is 340 g/mol. The molecule has 0 fully saturated rings. The van der Waals surface area contributed by atoms with Gasteiger partial charge < -0.3 is 5.73 Å². The van der Waals surface area contributed by atoms with E-state index < -0.39 is 10.0 Å². The van der Waals surface area contributed by atoms with Gasteiger partial charge in [0, 0.05) is 16.4 Å². The molecule has 0 aliphatic carbocycles. The molecule has 0 spiro atoms. The summed E-state index contributed by atoms with van der Waals surface area (Å²) in [6.45, 7) is 0.836. The smallest absolute Gasteiger partial charge is 0.233 e. The van der Waals surface area contributed by atoms with Crippen LogP contribution in [0.25, 0.3) is 6.08 Å². The second-order valence-corrected chi connectivity index (χ2v) is 6.00. The summed E-state index contributed by atoms with van der Waals surface area (Å²) in [5.41, 5.74) is 6.11. The Kier molecular flexibility index (Phi) is 8.47. The average Bonchev–Trinajstić information content (AvgIpc) is 2.29. The number of hydrogen-bond acceptors (Lipinski definition) is 3. The number of halogens is 2. The van der Waals surface area contributed by atoms with Crippen LogP contribution in [0.2, 0.25) is 0 Å². The zero-order valence-corrected chi connectivity index (χ0v) is 12.9. The van der Waals surface area contributed by atoms with Crippen molar-refractivity contribution in [3.05, 3.63) is 39.7 Å². The van der Waals surface area contributed by atoms with Crippen molar-refractivity contribution in [2.45, 2.75) is 6.42 Å². The van der Waals surface area contributed by atoms with Crippen LogP contribution in [0.3, 0.4) is 0 Å². The quantitative estimate of drug-likeness (QED) is 0.768. The number of sulfonamides is 1. The van der Waals surface area contributed by atoms with E-state index in [1.165, 1.54) is 0 Å². The monoisotopic (exact) mass is 354 g/mol. The SMILES string of the molecule is Cl.NCCCNS(=O)(=O)/C=C/c1ccc(Br)cc1. The number of benzene rings is 1. The average molecular weight is 356 g/mol. The minimum absolute atomic E-state index is 0. The molecule has 0 unspecified atom stereocenters. The van der Waals surface area contributed by atoms with Gasteiger partial charge in [0.25, 0.3) is 0 Å². The molecule has 0 amide bonds. The summed E-state index contributed by atoms with van der Waals surface area (Å²) in [5.74, 6) is 0. The van der Waals surface area contributed by atoms with E-state index in [-0.39, 0.29) is 12.4 Å². The normalized spacial score (nSPS) is 11.4. The highest BCUT2D eigenvalue weighted by Crippen LogP contribution is 2.11. The Morgan fingerprint density at radius 3 is 2.44 bits per heavy atom. The van der Waals surface area contributed by atoms with E-state index in [4.69, 9.17) is 5.73 Å². The van der Waals surface area contributed by atoms with E-state index in [0.29, 0.717) is 19.5 Å². The van der Waals surface area contributed by atoms with E-state index in [1.807, 2.05) is 24.3 Å². The van der Waals surface area contributed by atoms with Gasteiger partial charge in [0.15, 0.2) is 0 Å². The molecule has 0 saturated carbocycles. The second kappa shape index (κ2) is 8.66. The lowest BCUT2D eigenvalue weighted by atomic mass is 10.2. The largest absolute Gasteiger partial charge is 0.330 e. The van der Waals surface area contributed by atoms with Crippen molar-refractivity contribution < 1.29 is 8.42 Å². The predicted molar refractivity (Wildman–Crippen MR) is 81.0 cm³/mol. The lowest BCUT2D eigenvalue weighted by Gasteiger charge is -2.00. The third-order valence-electron chi connectivity index (χ3n) is 1.99. The molecule has 1 aromatic rings. The van der Waals surface area contributed by atoms with Crippen LogP contribution in [0, 0.1) is 0 Å². The highest BCUT2D eigenvalue weighted by Gasteiger charge is 2.02. The van der Waals surface area contributed by atoms with Gasteiger partial charge >= 0.3 is 0 Å². The van der Waals surface area contributed by atoms with Crippen LogP contribution in [-0.2, 0) is 10.0 Å². The van der Waals surface area contributed by atoms with Gasteiger partial charge in [-0.25, -0.2) is 13.1 Å². The van der Waals surface area contributed by atoms with Gasteiger partial charge in [0.05, 0.1) is 0 Å². The summed E-state index contributed by atoms with van der Waals surface area (Å²) >= 11 is 3.31. The molecule has 7 heteroatoms. The number of nitrogens with one attached hydrogen (secondary N) is 1. The van der Waals surface area contributed by atoms with Crippen LogP contribution in [0.5, 0.6) is 0 Å². The summed E-state index contributed by atoms with van der Waals surface area (Å²) in [6.07, 6.45) is 2.18. The first kappa shape index (κ1) is 17.6. The predicted octanol–water partition coefficient (Wildman–Crippen LogP) is 2.11. The molecule has 0 atom stereocenters. The van der Waals surface area contributed by atoms with Crippen LogP contribution in [0.15, 0.2) is 34.1 Å². The Morgan fingerprint density at radius 2 is 1.89 bits per heavy atom. The molecule has 0 radical (unpaired) electrons. The Labute approximate surface area is 122 Å². The maximum atomic E-state index is 11.5. The fourth-order valence-corrected chi connectivity index (χ4v) is 2.23. The van der Waals surface area contributed by atoms with Crippen molar-refractivity contribution in [3.8, 4) is 0 Å². The van der Waals surface area contributed by atoms with Gasteiger partial charge in [-0.3, -0.25) is 0 Å². The molecule has 1 rings (SSSR count). The van der Waals surface area contributed by atoms with Crippen molar-refractivity contribution in [1.82, 2.24) is 4.72 Å². The maximum Gasteiger partial charge on any atom is 0.233 e. The minimum atomic E-state index is -3.36. The zero-order valence-electron chi connectivity index (χ0n) is 9.67. The van der Waals surface area contributed by atoms with Gasteiger partial charge in [-0.2, -0.15) is 0 Å². The zero-order chi connectivity index (χ0) is 12.7. The van der Waals surface area contributed by atoms with E-state index in [0.717, 1.165) is 15.4 Å². The lowest BCUT2D eigenvalue weighted by Crippen LogP contribution is -2.24. The molecule has 0 saturated heterocycles. The maximum absolute atomic E-state index is 11.5. The van der Waals surface area contributed by atoms with Gasteiger partial charge in [-0.15, -0.1) is 12.4 Å². The van der Waals surface area contributed by atoms with Crippen molar-refractivity contribution in [3.63, 3.8) is 0 Å². The lowest BCUT2D eigenvalue weighted by molar-refractivity contribution is 0.589. The molecule has 0 aliphatic heterocycles. The van der Waals surface area contributed by atoms with Crippen LogP contribution >= 0.6 is 28.3 Å². The van der Waals surface area contributed by atoms with Crippen molar-refractivity contribution in [2.24, 2.45) is 5.73 Å². The first-order chi connectivity index (χ1) is 8.03. The Balaban J connectivity index is 0.00000289. The first-order valence-corrected chi connectivity index (χ1v) is 7.51. The summed E-state index contributed by atoms with van der Waals surface area (Å²) in [5, 5.41) is 1.16. The van der Waals surface area contributed by atoms with Crippen molar-refractivity contribution in [2.75, 3.05) is 13.1 Å². The van der Waals surface area contributed by atoms with Crippen molar-refractivity contribution >= 4 is 44.4 Å². The fraction of sp³-hybridized carbons (Fsp3) is 0.273. The summed E-state index contributed by atoms with van der Waals surface area (Å²) in [7, 11) is -3.36. The van der Waals surface area contributed by atoms with Crippen LogP contribution in [0.4, 0.5) is 0 Å². The van der Waals surface area contributed by atoms with Gasteiger partial charge in [0.2, 0.25) is 10.0 Å². The second-order valence-electron chi connectivity index (χ2n) is 3.44. The van der Waals surface area contributed by atoms with E-state index in [9.17, 15) is 8.42 Å². The molecule has 18 heavy (non-hydrogen) atoms. The number of rotatable bonds is 6. The Bertz CT molecular complexity index is 474. The van der Waals surface area contributed by atoms with Crippen LogP contribution in [-0.4, -0.2) is 21.5 Å². The van der Waals surface area contributed by atoms with Crippen LogP contribution in [0.1, 0.15) is 12.0 Å². The molecule has 3 N–H and O–H groups in total. The Morgan fingerprint density at radius 1 is 1.28 bits per heavy atom. The standard InChI is InChI=1S/C11H15BrN2O2S.ClH/c12-11-4-2-10(3-5-11)6-9-17(15,16)14-8-1-7-13;/h2-6,9,14H,1,7-8,13H2;1H/b9-6+;. The fourth-order valence-electron chi connectivity index (χ4n) is 1.11. The molecule has 0 heterocycles. The first-order valence-electron chi connectivity index (χ1n) is 5.17. The molecule has 0 bridgehead atoms. The Hall–Kier alpha value is -0.400. The van der Waals surface area contributed by atoms with Crippen LogP contribution < -0.4 is 10.5 Å². The summed E-state index contributed by atoms with van der Waals surface area (Å²) in [6, 6.07) is 7.37. The highest BCUT2D eigenvalue weighted by molar-refractivity contribution is 9.10. The van der Waals surface area contributed by atoms with Gasteiger partial charge in [0.1, 0.15) is 0 Å².